The van der Waals surface area contributed by atoms with E-state index in [0.29, 0.717) is 32.7 Å². The van der Waals surface area contributed by atoms with E-state index in [1.54, 1.807) is 12.0 Å². The van der Waals surface area contributed by atoms with E-state index in [0.717, 1.165) is 19.3 Å². The lowest BCUT2D eigenvalue weighted by Crippen LogP contribution is -2.50. The van der Waals surface area contributed by atoms with E-state index in [-0.39, 0.29) is 11.4 Å². The SMILES string of the molecule is COCC1(CNC(=O)N2CCCC(C(=O)O)C2)CCCCC1. The number of likely N-dealkylation sites (tertiary alicyclic amines) is 1. The second kappa shape index (κ2) is 7.81. The molecule has 1 atom stereocenters. The number of hydrogen-bond acceptors (Lipinski definition) is 3. The smallest absolute Gasteiger partial charge is 0.317 e. The fourth-order valence-corrected chi connectivity index (χ4v) is 3.72. The third-order valence-corrected chi connectivity index (χ3v) is 5.04. The molecule has 2 aliphatic rings. The van der Waals surface area contributed by atoms with Crippen molar-refractivity contribution < 1.29 is 19.4 Å². The van der Waals surface area contributed by atoms with Gasteiger partial charge in [-0.05, 0) is 25.7 Å². The lowest BCUT2D eigenvalue weighted by Gasteiger charge is -2.38. The number of rotatable bonds is 5. The first-order chi connectivity index (χ1) is 10.6. The molecule has 1 unspecified atom stereocenters. The normalized spacial score (nSPS) is 24.8. The van der Waals surface area contributed by atoms with Crippen LogP contribution in [0.15, 0.2) is 0 Å². The van der Waals surface area contributed by atoms with Crippen molar-refractivity contribution in [3.05, 3.63) is 0 Å². The number of methoxy groups -OCH3 is 1. The average Bonchev–Trinajstić information content (AvgIpc) is 2.54. The first-order valence-corrected chi connectivity index (χ1v) is 8.31. The van der Waals surface area contributed by atoms with Crippen LogP contribution in [-0.4, -0.2) is 55.4 Å². The maximum Gasteiger partial charge on any atom is 0.317 e. The molecule has 126 valence electrons. The predicted octanol–water partition coefficient (Wildman–Crippen LogP) is 2.09. The molecule has 2 rings (SSSR count). The van der Waals surface area contributed by atoms with Crippen molar-refractivity contribution in [3.8, 4) is 0 Å². The summed E-state index contributed by atoms with van der Waals surface area (Å²) in [6.07, 6.45) is 7.21. The summed E-state index contributed by atoms with van der Waals surface area (Å²) in [5.41, 5.74) is 0.0463. The van der Waals surface area contributed by atoms with Gasteiger partial charge in [-0.1, -0.05) is 19.3 Å². The Bertz CT molecular complexity index is 388. The highest BCUT2D eigenvalue weighted by atomic mass is 16.5. The number of piperidine rings is 1. The van der Waals surface area contributed by atoms with E-state index in [9.17, 15) is 9.59 Å². The number of carbonyl (C=O) groups is 2. The van der Waals surface area contributed by atoms with Crippen LogP contribution < -0.4 is 5.32 Å². The Kier molecular flexibility index (Phi) is 6.06. The van der Waals surface area contributed by atoms with Crippen molar-refractivity contribution in [1.29, 1.82) is 0 Å². The van der Waals surface area contributed by atoms with Gasteiger partial charge in [0.1, 0.15) is 0 Å². The Morgan fingerprint density at radius 1 is 1.27 bits per heavy atom. The summed E-state index contributed by atoms with van der Waals surface area (Å²) in [5.74, 6) is -1.23. The number of carbonyl (C=O) groups excluding carboxylic acids is 1. The van der Waals surface area contributed by atoms with E-state index in [2.05, 4.69) is 5.32 Å². The third kappa shape index (κ3) is 4.35. The summed E-state index contributed by atoms with van der Waals surface area (Å²) < 4.78 is 5.37. The maximum absolute atomic E-state index is 12.3. The third-order valence-electron chi connectivity index (χ3n) is 5.04. The van der Waals surface area contributed by atoms with Crippen LogP contribution in [-0.2, 0) is 9.53 Å². The first kappa shape index (κ1) is 17.1. The molecule has 1 aliphatic heterocycles. The Labute approximate surface area is 132 Å². The standard InChI is InChI=1S/C16H28N2O4/c1-22-12-16(7-3-2-4-8-16)11-17-15(21)18-9-5-6-13(10-18)14(19)20/h13H,2-12H2,1H3,(H,17,21)(H,19,20). The number of hydrogen-bond donors (Lipinski definition) is 2. The lowest BCUT2D eigenvalue weighted by molar-refractivity contribution is -0.143. The van der Waals surface area contributed by atoms with Crippen LogP contribution in [0.2, 0.25) is 0 Å². The zero-order valence-corrected chi connectivity index (χ0v) is 13.5. The summed E-state index contributed by atoms with van der Waals surface area (Å²) in [6.45, 7) is 2.25. The molecule has 0 radical (unpaired) electrons. The highest BCUT2D eigenvalue weighted by Gasteiger charge is 2.34. The van der Waals surface area contributed by atoms with Gasteiger partial charge in [0, 0.05) is 32.2 Å². The van der Waals surface area contributed by atoms with Gasteiger partial charge in [-0.15, -0.1) is 0 Å². The zero-order valence-electron chi connectivity index (χ0n) is 13.5. The number of nitrogens with one attached hydrogen (secondary N) is 1. The number of nitrogens with zero attached hydrogens (tertiary/aromatic N) is 1. The molecule has 1 heterocycles. The van der Waals surface area contributed by atoms with Gasteiger partial charge in [0.25, 0.3) is 0 Å². The number of carboxylic acid groups (broad SMARTS) is 1. The van der Waals surface area contributed by atoms with Gasteiger partial charge >= 0.3 is 12.0 Å². The minimum atomic E-state index is -0.805. The van der Waals surface area contributed by atoms with E-state index in [4.69, 9.17) is 9.84 Å². The highest BCUT2D eigenvalue weighted by molar-refractivity contribution is 5.76. The Balaban J connectivity index is 1.86. The molecule has 1 saturated heterocycles. The van der Waals surface area contributed by atoms with E-state index < -0.39 is 11.9 Å². The number of urea groups is 1. The molecular formula is C16H28N2O4. The van der Waals surface area contributed by atoms with Crippen LogP contribution in [0, 0.1) is 11.3 Å². The van der Waals surface area contributed by atoms with Crippen LogP contribution in [0.1, 0.15) is 44.9 Å². The van der Waals surface area contributed by atoms with Crippen molar-refractivity contribution in [2.24, 2.45) is 11.3 Å². The fourth-order valence-electron chi connectivity index (χ4n) is 3.72. The van der Waals surface area contributed by atoms with Gasteiger partial charge in [-0.25, -0.2) is 4.79 Å². The summed E-state index contributed by atoms with van der Waals surface area (Å²) >= 11 is 0. The Morgan fingerprint density at radius 2 is 2.00 bits per heavy atom. The molecule has 0 aromatic carbocycles. The van der Waals surface area contributed by atoms with Gasteiger partial charge < -0.3 is 20.1 Å². The predicted molar refractivity (Wildman–Crippen MR) is 82.7 cm³/mol. The highest BCUT2D eigenvalue weighted by Crippen LogP contribution is 2.36. The molecule has 0 spiro atoms. The largest absolute Gasteiger partial charge is 0.481 e. The molecule has 2 fully saturated rings. The van der Waals surface area contributed by atoms with Crippen molar-refractivity contribution in [2.75, 3.05) is 33.4 Å². The average molecular weight is 312 g/mol. The first-order valence-electron chi connectivity index (χ1n) is 8.31. The van der Waals surface area contributed by atoms with E-state index in [1.165, 1.54) is 19.3 Å². The monoisotopic (exact) mass is 312 g/mol. The Morgan fingerprint density at radius 3 is 2.64 bits per heavy atom. The van der Waals surface area contributed by atoms with E-state index >= 15 is 0 Å². The van der Waals surface area contributed by atoms with Crippen molar-refractivity contribution in [2.45, 2.75) is 44.9 Å². The number of aliphatic carboxylic acids is 1. The molecule has 0 bridgehead atoms. The summed E-state index contributed by atoms with van der Waals surface area (Å²) in [4.78, 5) is 25.1. The summed E-state index contributed by atoms with van der Waals surface area (Å²) in [5, 5.41) is 12.1. The van der Waals surface area contributed by atoms with Crippen LogP contribution >= 0.6 is 0 Å². The molecule has 2 amide bonds. The van der Waals surface area contributed by atoms with Crippen molar-refractivity contribution in [3.63, 3.8) is 0 Å². The molecule has 6 nitrogen and oxygen atoms in total. The number of carboxylic acids is 1. The van der Waals surface area contributed by atoms with E-state index in [1.807, 2.05) is 0 Å². The number of amides is 2. The summed E-state index contributed by atoms with van der Waals surface area (Å²) in [6, 6.07) is -0.132. The molecule has 0 aromatic rings. The summed E-state index contributed by atoms with van der Waals surface area (Å²) in [7, 11) is 1.71. The quantitative estimate of drug-likeness (QED) is 0.815. The molecule has 22 heavy (non-hydrogen) atoms. The van der Waals surface area contributed by atoms with Crippen molar-refractivity contribution in [1.82, 2.24) is 10.2 Å². The van der Waals surface area contributed by atoms with Crippen LogP contribution in [0.25, 0.3) is 0 Å². The second-order valence-electron chi connectivity index (χ2n) is 6.78. The van der Waals surface area contributed by atoms with Gasteiger partial charge in [0.2, 0.25) is 0 Å². The van der Waals surface area contributed by atoms with Crippen LogP contribution in [0.5, 0.6) is 0 Å². The lowest BCUT2D eigenvalue weighted by atomic mass is 9.74. The fraction of sp³-hybridized carbons (Fsp3) is 0.875. The van der Waals surface area contributed by atoms with Crippen LogP contribution in [0.4, 0.5) is 4.79 Å². The minimum absolute atomic E-state index is 0.0463. The van der Waals surface area contributed by atoms with Crippen molar-refractivity contribution >= 4 is 12.0 Å². The van der Waals surface area contributed by atoms with Gasteiger partial charge in [-0.3, -0.25) is 4.79 Å². The maximum atomic E-state index is 12.3. The molecule has 1 aliphatic carbocycles. The Hall–Kier alpha value is -1.30. The van der Waals surface area contributed by atoms with Gasteiger partial charge in [0.05, 0.1) is 12.5 Å². The molecule has 2 N–H and O–H groups in total. The van der Waals surface area contributed by atoms with Gasteiger partial charge in [-0.2, -0.15) is 0 Å². The molecular weight excluding hydrogens is 284 g/mol. The minimum Gasteiger partial charge on any atom is -0.481 e. The second-order valence-corrected chi connectivity index (χ2v) is 6.78. The molecule has 1 saturated carbocycles. The molecule has 0 aromatic heterocycles. The van der Waals surface area contributed by atoms with Gasteiger partial charge in [0.15, 0.2) is 0 Å². The number of ether oxygens (including phenoxy) is 1. The molecule has 6 heteroatoms. The zero-order chi connectivity index (χ0) is 16.0. The topological polar surface area (TPSA) is 78.9 Å². The van der Waals surface area contributed by atoms with Crippen LogP contribution in [0.3, 0.4) is 0 Å².